The zero-order valence-corrected chi connectivity index (χ0v) is 16.2. The van der Waals surface area contributed by atoms with Gasteiger partial charge in [0, 0.05) is 31.9 Å². The van der Waals surface area contributed by atoms with Crippen LogP contribution >= 0.6 is 0 Å². The number of fused-ring (bicyclic) bond motifs is 1. The number of aliphatic hydroxyl groups excluding tert-OH is 1. The molecule has 1 aromatic rings. The molecule has 4 rings (SSSR count). The Morgan fingerprint density at radius 3 is 2.25 bits per heavy atom. The summed E-state index contributed by atoms with van der Waals surface area (Å²) in [6.07, 6.45) is 5.58. The van der Waals surface area contributed by atoms with E-state index < -0.39 is 6.10 Å². The summed E-state index contributed by atoms with van der Waals surface area (Å²) in [5, 5.41) is 10.6. The molecule has 0 aromatic heterocycles. The maximum atomic E-state index is 12.6. The monoisotopic (exact) mass is 383 g/mol. The first kappa shape index (κ1) is 19.2. The van der Waals surface area contributed by atoms with Gasteiger partial charge in [-0.15, -0.1) is 0 Å². The smallest absolute Gasteiger partial charge is 0.233 e. The minimum Gasteiger partial charge on any atom is -0.390 e. The Bertz CT molecular complexity index is 710. The zero-order chi connectivity index (χ0) is 19.5. The number of para-hydroxylation sites is 1. The third-order valence-corrected chi connectivity index (χ3v) is 6.17. The minimum absolute atomic E-state index is 0.107. The summed E-state index contributed by atoms with van der Waals surface area (Å²) in [4.78, 5) is 31.1. The van der Waals surface area contributed by atoms with Gasteiger partial charge in [0.15, 0.2) is 0 Å². The van der Waals surface area contributed by atoms with Crippen molar-refractivity contribution in [1.29, 1.82) is 0 Å². The first-order valence-electron chi connectivity index (χ1n) is 10.3. The van der Waals surface area contributed by atoms with Gasteiger partial charge in [-0.05, 0) is 37.9 Å². The minimum atomic E-state index is -0.704. The number of rotatable bonds is 5. The SMILES string of the molecule is O=C1[C@H]2CC=CC[C@H]2C(=O)N1CC(O)CN1CCCN(c2ccccc2)CC1. The fraction of sp³-hybridized carbons (Fsp3) is 0.545. The van der Waals surface area contributed by atoms with Gasteiger partial charge in [0.05, 0.1) is 24.5 Å². The van der Waals surface area contributed by atoms with Crippen molar-refractivity contribution in [3.05, 3.63) is 42.5 Å². The van der Waals surface area contributed by atoms with Crippen LogP contribution in [0.2, 0.25) is 0 Å². The molecule has 6 heteroatoms. The predicted octanol–water partition coefficient (Wildman–Crippen LogP) is 1.51. The Kier molecular flexibility index (Phi) is 5.78. The fourth-order valence-electron chi connectivity index (χ4n) is 4.67. The Morgan fingerprint density at radius 2 is 1.57 bits per heavy atom. The molecule has 3 aliphatic rings. The van der Waals surface area contributed by atoms with Gasteiger partial charge in [-0.1, -0.05) is 30.4 Å². The van der Waals surface area contributed by atoms with E-state index in [9.17, 15) is 14.7 Å². The molecular formula is C22H29N3O3. The second-order valence-electron chi connectivity index (χ2n) is 8.07. The topological polar surface area (TPSA) is 64.1 Å². The van der Waals surface area contributed by atoms with E-state index in [0.717, 1.165) is 32.6 Å². The predicted molar refractivity (Wildman–Crippen MR) is 108 cm³/mol. The summed E-state index contributed by atoms with van der Waals surface area (Å²) < 4.78 is 0. The lowest BCUT2D eigenvalue weighted by Gasteiger charge is -2.26. The van der Waals surface area contributed by atoms with Crippen molar-refractivity contribution >= 4 is 17.5 Å². The molecule has 1 aliphatic carbocycles. The molecular weight excluding hydrogens is 354 g/mol. The molecule has 2 fully saturated rings. The Hall–Kier alpha value is -2.18. The average molecular weight is 383 g/mol. The maximum absolute atomic E-state index is 12.6. The second-order valence-corrected chi connectivity index (χ2v) is 8.07. The molecule has 2 aliphatic heterocycles. The van der Waals surface area contributed by atoms with Crippen LogP contribution in [0.4, 0.5) is 5.69 Å². The summed E-state index contributed by atoms with van der Waals surface area (Å²) in [6, 6.07) is 10.4. The van der Waals surface area contributed by atoms with E-state index in [4.69, 9.17) is 0 Å². The molecule has 2 saturated heterocycles. The van der Waals surface area contributed by atoms with Crippen molar-refractivity contribution in [1.82, 2.24) is 9.80 Å². The highest BCUT2D eigenvalue weighted by atomic mass is 16.3. The van der Waals surface area contributed by atoms with Crippen molar-refractivity contribution in [2.75, 3.05) is 44.2 Å². The first-order valence-corrected chi connectivity index (χ1v) is 10.3. The second kappa shape index (κ2) is 8.45. The van der Waals surface area contributed by atoms with Gasteiger partial charge in [0.1, 0.15) is 0 Å². The Labute approximate surface area is 166 Å². The number of benzene rings is 1. The van der Waals surface area contributed by atoms with E-state index in [0.29, 0.717) is 19.4 Å². The number of amides is 2. The molecule has 28 heavy (non-hydrogen) atoms. The van der Waals surface area contributed by atoms with Crippen LogP contribution in [0.25, 0.3) is 0 Å². The van der Waals surface area contributed by atoms with E-state index in [1.54, 1.807) is 0 Å². The summed E-state index contributed by atoms with van der Waals surface area (Å²) >= 11 is 0. The number of imide groups is 1. The highest BCUT2D eigenvalue weighted by molar-refractivity contribution is 6.05. The number of nitrogens with zero attached hydrogens (tertiary/aromatic N) is 3. The molecule has 6 nitrogen and oxygen atoms in total. The third-order valence-electron chi connectivity index (χ3n) is 6.17. The van der Waals surface area contributed by atoms with Crippen molar-refractivity contribution < 1.29 is 14.7 Å². The molecule has 2 heterocycles. The summed E-state index contributed by atoms with van der Waals surface area (Å²) in [6.45, 7) is 4.29. The molecule has 1 N–H and O–H groups in total. The number of hydrogen-bond acceptors (Lipinski definition) is 5. The number of allylic oxidation sites excluding steroid dienone is 2. The lowest BCUT2D eigenvalue weighted by molar-refractivity contribution is -0.141. The highest BCUT2D eigenvalue weighted by Gasteiger charge is 2.47. The van der Waals surface area contributed by atoms with Gasteiger partial charge in [-0.2, -0.15) is 0 Å². The lowest BCUT2D eigenvalue weighted by atomic mass is 9.85. The van der Waals surface area contributed by atoms with E-state index in [1.165, 1.54) is 10.6 Å². The third kappa shape index (κ3) is 3.98. The summed E-state index contributed by atoms with van der Waals surface area (Å²) in [7, 11) is 0. The molecule has 1 unspecified atom stereocenters. The molecule has 0 saturated carbocycles. The summed E-state index contributed by atoms with van der Waals surface area (Å²) in [5.74, 6) is -0.654. The van der Waals surface area contributed by atoms with Gasteiger partial charge in [0.25, 0.3) is 0 Å². The van der Waals surface area contributed by atoms with Crippen LogP contribution in [0, 0.1) is 11.8 Å². The van der Waals surface area contributed by atoms with Crippen LogP contribution in [-0.2, 0) is 9.59 Å². The number of likely N-dealkylation sites (tertiary alicyclic amines) is 1. The van der Waals surface area contributed by atoms with Gasteiger partial charge in [-0.3, -0.25) is 19.4 Å². The van der Waals surface area contributed by atoms with Crippen LogP contribution in [0.15, 0.2) is 42.5 Å². The largest absolute Gasteiger partial charge is 0.390 e. The van der Waals surface area contributed by atoms with E-state index in [-0.39, 0.29) is 30.2 Å². The Morgan fingerprint density at radius 1 is 0.893 bits per heavy atom. The molecule has 0 radical (unpaired) electrons. The molecule has 2 amide bonds. The van der Waals surface area contributed by atoms with Crippen molar-refractivity contribution in [3.8, 4) is 0 Å². The Balaban J connectivity index is 1.30. The lowest BCUT2D eigenvalue weighted by Crippen LogP contribution is -2.44. The molecule has 150 valence electrons. The first-order chi connectivity index (χ1) is 13.6. The molecule has 1 aromatic carbocycles. The molecule has 0 bridgehead atoms. The number of β-amino-alcohol motifs (C(OH)–C–C–N with tert-alkyl or cyclic N) is 1. The van der Waals surface area contributed by atoms with Crippen LogP contribution < -0.4 is 4.90 Å². The van der Waals surface area contributed by atoms with Crippen LogP contribution in [-0.4, -0.2) is 72.1 Å². The van der Waals surface area contributed by atoms with E-state index in [1.807, 2.05) is 18.2 Å². The number of aliphatic hydroxyl groups is 1. The van der Waals surface area contributed by atoms with Gasteiger partial charge >= 0.3 is 0 Å². The van der Waals surface area contributed by atoms with Crippen LogP contribution in [0.1, 0.15) is 19.3 Å². The van der Waals surface area contributed by atoms with Crippen molar-refractivity contribution in [3.63, 3.8) is 0 Å². The highest BCUT2D eigenvalue weighted by Crippen LogP contribution is 2.35. The standard InChI is InChI=1S/C22H29N3O3/c26-18(16-25-21(27)19-9-4-5-10-20(19)22(25)28)15-23-11-6-12-24(14-13-23)17-7-2-1-3-8-17/h1-5,7-8,18-20,26H,6,9-16H2/t18?,19-,20+. The molecule has 3 atom stereocenters. The van der Waals surface area contributed by atoms with Gasteiger partial charge in [-0.25, -0.2) is 0 Å². The van der Waals surface area contributed by atoms with Crippen LogP contribution in [0.3, 0.4) is 0 Å². The quantitative estimate of drug-likeness (QED) is 0.617. The molecule has 0 spiro atoms. The van der Waals surface area contributed by atoms with Gasteiger partial charge in [0.2, 0.25) is 11.8 Å². The van der Waals surface area contributed by atoms with E-state index in [2.05, 4.69) is 34.1 Å². The van der Waals surface area contributed by atoms with E-state index >= 15 is 0 Å². The fourth-order valence-corrected chi connectivity index (χ4v) is 4.67. The van der Waals surface area contributed by atoms with Crippen LogP contribution in [0.5, 0.6) is 0 Å². The normalized spacial score (nSPS) is 27.0. The van der Waals surface area contributed by atoms with Crippen molar-refractivity contribution in [2.24, 2.45) is 11.8 Å². The number of carbonyl (C=O) groups is 2. The number of carbonyl (C=O) groups excluding carboxylic acids is 2. The average Bonchev–Trinajstić information content (AvgIpc) is 2.88. The number of anilines is 1. The number of hydrogen-bond donors (Lipinski definition) is 1. The maximum Gasteiger partial charge on any atom is 0.233 e. The zero-order valence-electron chi connectivity index (χ0n) is 16.2. The van der Waals surface area contributed by atoms with Gasteiger partial charge < -0.3 is 10.0 Å². The van der Waals surface area contributed by atoms with Crippen molar-refractivity contribution in [2.45, 2.75) is 25.4 Å². The summed E-state index contributed by atoms with van der Waals surface area (Å²) in [5.41, 5.74) is 1.23.